The van der Waals surface area contributed by atoms with Crippen LogP contribution in [0.4, 0.5) is 4.39 Å². The van der Waals surface area contributed by atoms with Gasteiger partial charge in [0.15, 0.2) is 11.5 Å². The third kappa shape index (κ3) is 5.46. The van der Waals surface area contributed by atoms with Crippen molar-refractivity contribution in [1.29, 1.82) is 5.26 Å². The highest BCUT2D eigenvalue weighted by atomic mass is 79.9. The minimum atomic E-state index is -0.385. The lowest BCUT2D eigenvalue weighted by Gasteiger charge is -2.15. The summed E-state index contributed by atoms with van der Waals surface area (Å²) in [5, 5.41) is 9.53. The van der Waals surface area contributed by atoms with E-state index in [-0.39, 0.29) is 5.82 Å². The predicted molar refractivity (Wildman–Crippen MR) is 116 cm³/mol. The van der Waals surface area contributed by atoms with Crippen LogP contribution in [0.15, 0.2) is 71.2 Å². The van der Waals surface area contributed by atoms with E-state index in [2.05, 4.69) is 22.0 Å². The number of allylic oxidation sites excluding steroid dienone is 1. The van der Waals surface area contributed by atoms with Crippen molar-refractivity contribution in [2.75, 3.05) is 6.61 Å². The molecule has 0 aliphatic carbocycles. The fourth-order valence-corrected chi connectivity index (χ4v) is 3.38. The Morgan fingerprint density at radius 1 is 1.07 bits per heavy atom. The Morgan fingerprint density at radius 3 is 2.55 bits per heavy atom. The van der Waals surface area contributed by atoms with Crippen molar-refractivity contribution in [2.45, 2.75) is 13.5 Å². The Labute approximate surface area is 178 Å². The highest BCUT2D eigenvalue weighted by Gasteiger charge is 2.13. The minimum Gasteiger partial charge on any atom is -0.490 e. The van der Waals surface area contributed by atoms with Crippen molar-refractivity contribution in [2.24, 2.45) is 0 Å². The zero-order valence-electron chi connectivity index (χ0n) is 15.9. The van der Waals surface area contributed by atoms with Gasteiger partial charge in [0.1, 0.15) is 12.4 Å². The van der Waals surface area contributed by atoms with Crippen LogP contribution in [0.25, 0.3) is 11.6 Å². The zero-order valence-corrected chi connectivity index (χ0v) is 17.4. The van der Waals surface area contributed by atoms with Gasteiger partial charge in [-0.15, -0.1) is 0 Å². The fraction of sp³-hybridized carbons (Fsp3) is 0.125. The zero-order chi connectivity index (χ0) is 20.6. The lowest BCUT2D eigenvalue weighted by molar-refractivity contribution is 0.267. The van der Waals surface area contributed by atoms with Crippen LogP contribution in [0.1, 0.15) is 23.6 Å². The number of hydrogen-bond donors (Lipinski definition) is 0. The van der Waals surface area contributed by atoms with Crippen LogP contribution in [0.2, 0.25) is 0 Å². The molecule has 0 unspecified atom stereocenters. The van der Waals surface area contributed by atoms with Gasteiger partial charge in [0, 0.05) is 0 Å². The molecule has 0 radical (unpaired) electrons. The second kappa shape index (κ2) is 9.90. The van der Waals surface area contributed by atoms with E-state index in [1.807, 2.05) is 49.4 Å². The van der Waals surface area contributed by atoms with E-state index in [9.17, 15) is 9.65 Å². The van der Waals surface area contributed by atoms with Crippen LogP contribution in [-0.2, 0) is 6.61 Å². The third-order valence-corrected chi connectivity index (χ3v) is 4.71. The van der Waals surface area contributed by atoms with Gasteiger partial charge >= 0.3 is 0 Å². The standard InChI is InChI=1S/C24H19BrFNO2/c1-2-28-23-13-18(11-20(15-27)19-9-6-10-21(26)14-19)12-22(25)24(23)29-16-17-7-4-3-5-8-17/h3-14H,2,16H2,1H3/b20-11-. The Hall–Kier alpha value is -3.10. The topological polar surface area (TPSA) is 42.2 Å². The molecule has 3 aromatic carbocycles. The highest BCUT2D eigenvalue weighted by molar-refractivity contribution is 9.10. The van der Waals surface area contributed by atoms with Gasteiger partial charge < -0.3 is 9.47 Å². The molecule has 0 aromatic heterocycles. The van der Waals surface area contributed by atoms with E-state index in [0.717, 1.165) is 11.1 Å². The maximum Gasteiger partial charge on any atom is 0.175 e. The summed E-state index contributed by atoms with van der Waals surface area (Å²) < 4.78 is 26.0. The summed E-state index contributed by atoms with van der Waals surface area (Å²) in [7, 11) is 0. The molecule has 0 bridgehead atoms. The van der Waals surface area contributed by atoms with Crippen molar-refractivity contribution < 1.29 is 13.9 Å². The van der Waals surface area contributed by atoms with Crippen molar-refractivity contribution in [3.05, 3.63) is 93.7 Å². The van der Waals surface area contributed by atoms with Crippen molar-refractivity contribution >= 4 is 27.6 Å². The first kappa shape index (κ1) is 20.6. The van der Waals surface area contributed by atoms with Crippen LogP contribution >= 0.6 is 15.9 Å². The molecule has 0 atom stereocenters. The number of benzene rings is 3. The first-order chi connectivity index (χ1) is 14.1. The SMILES string of the molecule is CCOc1cc(/C=C(/C#N)c2cccc(F)c2)cc(Br)c1OCc1ccccc1. The first-order valence-electron chi connectivity index (χ1n) is 9.11. The summed E-state index contributed by atoms with van der Waals surface area (Å²) in [6.45, 7) is 2.77. The van der Waals surface area contributed by atoms with Gasteiger partial charge in [0.2, 0.25) is 0 Å². The number of hydrogen-bond acceptors (Lipinski definition) is 3. The molecule has 5 heteroatoms. The lowest BCUT2D eigenvalue weighted by Crippen LogP contribution is -2.01. The Balaban J connectivity index is 1.93. The summed E-state index contributed by atoms with van der Waals surface area (Å²) in [4.78, 5) is 0. The van der Waals surface area contributed by atoms with E-state index in [0.29, 0.717) is 40.3 Å². The van der Waals surface area contributed by atoms with Crippen molar-refractivity contribution in [1.82, 2.24) is 0 Å². The van der Waals surface area contributed by atoms with Gasteiger partial charge in [-0.05, 0) is 69.9 Å². The van der Waals surface area contributed by atoms with Gasteiger partial charge in [-0.25, -0.2) is 4.39 Å². The minimum absolute atomic E-state index is 0.358. The number of halogens is 2. The summed E-state index contributed by atoms with van der Waals surface area (Å²) in [6, 6.07) is 21.6. The van der Waals surface area contributed by atoms with Crippen LogP contribution in [0.5, 0.6) is 11.5 Å². The maximum atomic E-state index is 13.5. The largest absolute Gasteiger partial charge is 0.490 e. The van der Waals surface area contributed by atoms with Crippen molar-refractivity contribution in [3.8, 4) is 17.6 Å². The normalized spacial score (nSPS) is 11.0. The summed E-state index contributed by atoms with van der Waals surface area (Å²) in [5.74, 6) is 0.780. The third-order valence-electron chi connectivity index (χ3n) is 4.12. The Kier molecular flexibility index (Phi) is 7.04. The van der Waals surface area contributed by atoms with Gasteiger partial charge in [-0.3, -0.25) is 0 Å². The van der Waals surface area contributed by atoms with Gasteiger partial charge in [0.25, 0.3) is 0 Å². The molecule has 3 rings (SSSR count). The van der Waals surface area contributed by atoms with Crippen LogP contribution < -0.4 is 9.47 Å². The van der Waals surface area contributed by atoms with Gasteiger partial charge in [-0.2, -0.15) is 5.26 Å². The number of nitrogens with zero attached hydrogens (tertiary/aromatic N) is 1. The second-order valence-electron chi connectivity index (χ2n) is 6.22. The molecule has 0 N–H and O–H groups in total. The second-order valence-corrected chi connectivity index (χ2v) is 7.07. The molecule has 0 heterocycles. The monoisotopic (exact) mass is 451 g/mol. The van der Waals surface area contributed by atoms with E-state index < -0.39 is 0 Å². The molecule has 0 saturated heterocycles. The molecule has 29 heavy (non-hydrogen) atoms. The lowest BCUT2D eigenvalue weighted by atomic mass is 10.0. The summed E-state index contributed by atoms with van der Waals surface area (Å²) in [6.07, 6.45) is 1.70. The van der Waals surface area contributed by atoms with Crippen molar-refractivity contribution in [3.63, 3.8) is 0 Å². The number of rotatable bonds is 7. The van der Waals surface area contributed by atoms with Crippen LogP contribution in [0.3, 0.4) is 0 Å². The molecule has 0 aliphatic rings. The predicted octanol–water partition coefficient (Wildman–Crippen LogP) is 6.63. The molecule has 0 aliphatic heterocycles. The Morgan fingerprint density at radius 2 is 1.86 bits per heavy atom. The van der Waals surface area contributed by atoms with Crippen LogP contribution in [0, 0.1) is 17.1 Å². The maximum absolute atomic E-state index is 13.5. The molecular weight excluding hydrogens is 433 g/mol. The highest BCUT2D eigenvalue weighted by Crippen LogP contribution is 2.38. The molecule has 0 spiro atoms. The van der Waals surface area contributed by atoms with Crippen LogP contribution in [-0.4, -0.2) is 6.61 Å². The molecule has 3 aromatic rings. The smallest absolute Gasteiger partial charge is 0.175 e. The average molecular weight is 452 g/mol. The van der Waals surface area contributed by atoms with E-state index in [1.165, 1.54) is 12.1 Å². The quantitative estimate of drug-likeness (QED) is 0.299. The van der Waals surface area contributed by atoms with Gasteiger partial charge in [-0.1, -0.05) is 42.5 Å². The molecule has 3 nitrogen and oxygen atoms in total. The number of ether oxygens (including phenoxy) is 2. The molecule has 0 fully saturated rings. The molecular formula is C24H19BrFNO2. The fourth-order valence-electron chi connectivity index (χ4n) is 2.81. The first-order valence-corrected chi connectivity index (χ1v) is 9.90. The molecule has 0 amide bonds. The average Bonchev–Trinajstić information content (AvgIpc) is 2.72. The van der Waals surface area contributed by atoms with E-state index in [1.54, 1.807) is 18.2 Å². The number of nitriles is 1. The summed E-state index contributed by atoms with van der Waals surface area (Å²) in [5.41, 5.74) is 2.67. The molecule has 146 valence electrons. The van der Waals surface area contributed by atoms with E-state index in [4.69, 9.17) is 9.47 Å². The Bertz CT molecular complexity index is 1060. The summed E-state index contributed by atoms with van der Waals surface area (Å²) >= 11 is 3.54. The molecule has 0 saturated carbocycles. The van der Waals surface area contributed by atoms with Gasteiger partial charge in [0.05, 0.1) is 22.7 Å². The van der Waals surface area contributed by atoms with E-state index >= 15 is 0 Å².